The summed E-state index contributed by atoms with van der Waals surface area (Å²) in [6, 6.07) is 0. The molecule has 0 radical (unpaired) electrons. The molecule has 9 heteroatoms. The summed E-state index contributed by atoms with van der Waals surface area (Å²) in [4.78, 5) is 0. The zero-order valence-corrected chi connectivity index (χ0v) is 24.7. The molecule has 0 amide bonds. The second-order valence-corrected chi connectivity index (χ2v) is 9.63. The lowest BCUT2D eigenvalue weighted by Gasteiger charge is -2.08. The Morgan fingerprint density at radius 2 is 0.605 bits per heavy atom. The van der Waals surface area contributed by atoms with Crippen LogP contribution in [-0.4, -0.2) is 117 Å². The maximum absolute atomic E-state index is 8.57. The van der Waals surface area contributed by atoms with Crippen molar-refractivity contribution in [1.29, 1.82) is 0 Å². The summed E-state index contributed by atoms with van der Waals surface area (Å²) >= 11 is 0. The van der Waals surface area contributed by atoms with Crippen LogP contribution < -0.4 is 0 Å². The number of aliphatic hydroxyl groups excluding tert-OH is 1. The number of rotatable bonds is 34. The van der Waals surface area contributed by atoms with Crippen molar-refractivity contribution in [2.45, 2.75) is 71.6 Å². The van der Waals surface area contributed by atoms with Gasteiger partial charge in [0.15, 0.2) is 0 Å². The van der Waals surface area contributed by atoms with E-state index < -0.39 is 0 Å². The number of ether oxygens (including phenoxy) is 8. The Kier molecular flexibility index (Phi) is 34.3. The smallest absolute Gasteiger partial charge is 0.0701 e. The molecule has 0 aromatic heterocycles. The Morgan fingerprint density at radius 3 is 0.921 bits per heavy atom. The van der Waals surface area contributed by atoms with Crippen LogP contribution in [0.4, 0.5) is 0 Å². The second kappa shape index (κ2) is 34.7. The maximum atomic E-state index is 8.57. The Bertz CT molecular complexity index is 414. The molecule has 230 valence electrons. The van der Waals surface area contributed by atoms with E-state index in [1.807, 2.05) is 0 Å². The first-order chi connectivity index (χ1) is 18.8. The quantitative estimate of drug-likeness (QED) is 0.117. The van der Waals surface area contributed by atoms with Crippen LogP contribution in [0.2, 0.25) is 0 Å². The minimum absolute atomic E-state index is 0.0349. The van der Waals surface area contributed by atoms with Crippen LogP contribution in [0.3, 0.4) is 0 Å². The van der Waals surface area contributed by atoms with E-state index >= 15 is 0 Å². The summed E-state index contributed by atoms with van der Waals surface area (Å²) in [7, 11) is 0. The van der Waals surface area contributed by atoms with Crippen molar-refractivity contribution in [2.75, 3.05) is 112 Å². The van der Waals surface area contributed by atoms with E-state index in [4.69, 9.17) is 43.0 Å². The lowest BCUT2D eigenvalue weighted by Crippen LogP contribution is -2.15. The van der Waals surface area contributed by atoms with Gasteiger partial charge >= 0.3 is 0 Å². The molecule has 0 spiro atoms. The third-order valence-electron chi connectivity index (χ3n) is 5.66. The van der Waals surface area contributed by atoms with Crippen molar-refractivity contribution in [3.63, 3.8) is 0 Å². The molecule has 0 saturated carbocycles. The number of unbranched alkanes of at least 4 members (excludes halogenated alkanes) is 7. The van der Waals surface area contributed by atoms with E-state index in [2.05, 4.69) is 13.8 Å². The molecule has 9 nitrogen and oxygen atoms in total. The third-order valence-corrected chi connectivity index (χ3v) is 5.66. The first kappa shape index (κ1) is 37.6. The standard InChI is InChI=1S/C29H60O9/c1-29(2)11-9-7-5-3-4-6-8-10-13-31-15-17-33-19-21-35-23-25-37-27-28-38-26-24-36-22-20-34-18-16-32-14-12-30/h29-30H,3-28H2,1-2H3. The molecular weight excluding hydrogens is 492 g/mol. The minimum Gasteiger partial charge on any atom is -0.394 e. The summed E-state index contributed by atoms with van der Waals surface area (Å²) in [5.74, 6) is 0.850. The first-order valence-corrected chi connectivity index (χ1v) is 15.0. The lowest BCUT2D eigenvalue weighted by molar-refractivity contribution is -0.0238. The molecular formula is C29H60O9. The van der Waals surface area contributed by atoms with Crippen LogP contribution in [0.15, 0.2) is 0 Å². The molecule has 0 aliphatic heterocycles. The maximum Gasteiger partial charge on any atom is 0.0701 e. The van der Waals surface area contributed by atoms with E-state index in [1.165, 1.54) is 51.4 Å². The van der Waals surface area contributed by atoms with Crippen LogP contribution in [0.1, 0.15) is 71.6 Å². The highest BCUT2D eigenvalue weighted by Crippen LogP contribution is 2.12. The van der Waals surface area contributed by atoms with Crippen molar-refractivity contribution < 1.29 is 43.0 Å². The number of hydrogen-bond acceptors (Lipinski definition) is 9. The van der Waals surface area contributed by atoms with Gasteiger partial charge in [-0.05, 0) is 12.3 Å². The molecule has 0 aliphatic carbocycles. The van der Waals surface area contributed by atoms with Gasteiger partial charge in [-0.25, -0.2) is 0 Å². The Labute approximate surface area is 233 Å². The summed E-state index contributed by atoms with van der Waals surface area (Å²) in [6.07, 6.45) is 12.1. The summed E-state index contributed by atoms with van der Waals surface area (Å²) in [5.41, 5.74) is 0. The fourth-order valence-corrected chi connectivity index (χ4v) is 3.52. The number of hydrogen-bond donors (Lipinski definition) is 1. The predicted molar refractivity (Wildman–Crippen MR) is 150 cm³/mol. The largest absolute Gasteiger partial charge is 0.394 e. The van der Waals surface area contributed by atoms with Crippen LogP contribution in [0, 0.1) is 5.92 Å². The van der Waals surface area contributed by atoms with Gasteiger partial charge in [0.25, 0.3) is 0 Å². The lowest BCUT2D eigenvalue weighted by atomic mass is 10.0. The number of aliphatic hydroxyl groups is 1. The molecule has 0 aromatic rings. The zero-order valence-electron chi connectivity index (χ0n) is 24.7. The molecule has 0 atom stereocenters. The van der Waals surface area contributed by atoms with Gasteiger partial charge in [-0.2, -0.15) is 0 Å². The highest BCUT2D eigenvalue weighted by molar-refractivity contribution is 4.49. The molecule has 0 saturated heterocycles. The molecule has 0 unspecified atom stereocenters. The summed E-state index contributed by atoms with van der Waals surface area (Å²) in [5, 5.41) is 8.57. The van der Waals surface area contributed by atoms with Crippen LogP contribution in [0.25, 0.3) is 0 Å². The highest BCUT2D eigenvalue weighted by Gasteiger charge is 1.97. The van der Waals surface area contributed by atoms with Gasteiger partial charge in [0, 0.05) is 6.61 Å². The van der Waals surface area contributed by atoms with Crippen LogP contribution in [-0.2, 0) is 37.9 Å². The highest BCUT2D eigenvalue weighted by atomic mass is 16.6. The van der Waals surface area contributed by atoms with Crippen LogP contribution in [0.5, 0.6) is 0 Å². The molecule has 0 bridgehead atoms. The van der Waals surface area contributed by atoms with Gasteiger partial charge in [-0.3, -0.25) is 0 Å². The van der Waals surface area contributed by atoms with Crippen molar-refractivity contribution in [3.8, 4) is 0 Å². The molecule has 0 aromatic carbocycles. The molecule has 1 N–H and O–H groups in total. The van der Waals surface area contributed by atoms with Gasteiger partial charge in [-0.1, -0.05) is 65.2 Å². The van der Waals surface area contributed by atoms with Gasteiger partial charge in [0.1, 0.15) is 0 Å². The zero-order chi connectivity index (χ0) is 27.6. The van der Waals surface area contributed by atoms with Gasteiger partial charge in [0.05, 0.1) is 106 Å². The summed E-state index contributed by atoms with van der Waals surface area (Å²) in [6.45, 7) is 13.5. The molecule has 0 rings (SSSR count). The van der Waals surface area contributed by atoms with Crippen molar-refractivity contribution in [1.82, 2.24) is 0 Å². The average Bonchev–Trinajstić information content (AvgIpc) is 2.91. The average molecular weight is 553 g/mol. The monoisotopic (exact) mass is 552 g/mol. The topological polar surface area (TPSA) is 94.1 Å². The predicted octanol–water partition coefficient (Wildman–Crippen LogP) is 4.28. The van der Waals surface area contributed by atoms with Crippen molar-refractivity contribution in [3.05, 3.63) is 0 Å². The van der Waals surface area contributed by atoms with Gasteiger partial charge in [0.2, 0.25) is 0 Å². The minimum atomic E-state index is 0.0349. The second-order valence-electron chi connectivity index (χ2n) is 9.63. The Balaban J connectivity index is 3.02. The Morgan fingerprint density at radius 1 is 0.342 bits per heavy atom. The molecule has 38 heavy (non-hydrogen) atoms. The van der Waals surface area contributed by atoms with E-state index in [9.17, 15) is 0 Å². The fraction of sp³-hybridized carbons (Fsp3) is 1.00. The van der Waals surface area contributed by atoms with Crippen molar-refractivity contribution in [2.24, 2.45) is 5.92 Å². The fourth-order valence-electron chi connectivity index (χ4n) is 3.52. The van der Waals surface area contributed by atoms with Crippen molar-refractivity contribution >= 4 is 0 Å². The van der Waals surface area contributed by atoms with Gasteiger partial charge in [-0.15, -0.1) is 0 Å². The third kappa shape index (κ3) is 35.6. The summed E-state index contributed by atoms with van der Waals surface area (Å²) < 4.78 is 43.4. The van der Waals surface area contributed by atoms with Gasteiger partial charge < -0.3 is 43.0 Å². The molecule has 0 aliphatic rings. The molecule has 0 heterocycles. The van der Waals surface area contributed by atoms with E-state index in [0.717, 1.165) is 18.9 Å². The van der Waals surface area contributed by atoms with E-state index in [-0.39, 0.29) is 6.61 Å². The van der Waals surface area contributed by atoms with Crippen LogP contribution >= 0.6 is 0 Å². The van der Waals surface area contributed by atoms with E-state index in [0.29, 0.717) is 99.1 Å². The SMILES string of the molecule is CC(C)CCCCCCCCCCOCCOCCOCCOCCOCCOCCOCCOCCO. The normalized spacial score (nSPS) is 11.7. The first-order valence-electron chi connectivity index (χ1n) is 15.0. The van der Waals surface area contributed by atoms with E-state index in [1.54, 1.807) is 0 Å². The molecule has 0 fully saturated rings. The Hall–Kier alpha value is -0.360.